The van der Waals surface area contributed by atoms with Gasteiger partial charge < -0.3 is 0 Å². The molecule has 1 aromatic carbocycles. The van der Waals surface area contributed by atoms with Crippen molar-refractivity contribution in [3.63, 3.8) is 0 Å². The van der Waals surface area contributed by atoms with Crippen molar-refractivity contribution in [2.45, 2.75) is 40.5 Å². The molecule has 82 valence electrons. The summed E-state index contributed by atoms with van der Waals surface area (Å²) in [6.07, 6.45) is 2.33. The SMILES string of the molecule is CC/C(C)=C(/CC(C)C)c1ccccc1. The molecule has 1 aromatic rings. The van der Waals surface area contributed by atoms with E-state index in [-0.39, 0.29) is 0 Å². The summed E-state index contributed by atoms with van der Waals surface area (Å²) < 4.78 is 0. The molecule has 0 saturated carbocycles. The lowest BCUT2D eigenvalue weighted by molar-refractivity contribution is 0.670. The molecule has 0 amide bonds. The van der Waals surface area contributed by atoms with Crippen LogP contribution < -0.4 is 0 Å². The van der Waals surface area contributed by atoms with Crippen molar-refractivity contribution < 1.29 is 0 Å². The van der Waals surface area contributed by atoms with E-state index in [1.807, 2.05) is 0 Å². The van der Waals surface area contributed by atoms with Crippen molar-refractivity contribution in [1.82, 2.24) is 0 Å². The van der Waals surface area contributed by atoms with Gasteiger partial charge in [0, 0.05) is 0 Å². The highest BCUT2D eigenvalue weighted by molar-refractivity contribution is 5.68. The van der Waals surface area contributed by atoms with Crippen LogP contribution in [-0.4, -0.2) is 0 Å². The molecule has 0 aliphatic carbocycles. The topological polar surface area (TPSA) is 0 Å². The molecule has 0 unspecified atom stereocenters. The Labute approximate surface area is 94.0 Å². The summed E-state index contributed by atoms with van der Waals surface area (Å²) in [5.74, 6) is 0.724. The zero-order chi connectivity index (χ0) is 11.3. The van der Waals surface area contributed by atoms with Crippen LogP contribution in [0.4, 0.5) is 0 Å². The molecule has 0 nitrogen and oxygen atoms in total. The third kappa shape index (κ3) is 3.54. The van der Waals surface area contributed by atoms with E-state index in [1.165, 1.54) is 23.1 Å². The summed E-state index contributed by atoms with van der Waals surface area (Å²) in [6.45, 7) is 9.06. The van der Waals surface area contributed by atoms with Gasteiger partial charge in [-0.3, -0.25) is 0 Å². The fraction of sp³-hybridized carbons (Fsp3) is 0.467. The first-order valence-corrected chi connectivity index (χ1v) is 5.89. The van der Waals surface area contributed by atoms with E-state index in [0.717, 1.165) is 12.3 Å². The molecule has 0 heterocycles. The van der Waals surface area contributed by atoms with Crippen LogP contribution in [0.2, 0.25) is 0 Å². The third-order valence-corrected chi connectivity index (χ3v) is 2.78. The van der Waals surface area contributed by atoms with Gasteiger partial charge >= 0.3 is 0 Å². The molecule has 0 radical (unpaired) electrons. The van der Waals surface area contributed by atoms with Crippen molar-refractivity contribution in [3.8, 4) is 0 Å². The van der Waals surface area contributed by atoms with Crippen molar-refractivity contribution in [2.75, 3.05) is 0 Å². The highest BCUT2D eigenvalue weighted by Gasteiger charge is 2.06. The monoisotopic (exact) mass is 202 g/mol. The van der Waals surface area contributed by atoms with Crippen LogP contribution >= 0.6 is 0 Å². The number of hydrogen-bond acceptors (Lipinski definition) is 0. The zero-order valence-electron chi connectivity index (χ0n) is 10.4. The standard InChI is InChI=1S/C15H22/c1-5-13(4)15(11-12(2)3)14-9-7-6-8-10-14/h6-10,12H,5,11H2,1-4H3/b15-13-. The molecular formula is C15H22. The first-order chi connectivity index (χ1) is 7.15. The second kappa shape index (κ2) is 5.75. The van der Waals surface area contributed by atoms with Crippen LogP contribution in [0, 0.1) is 5.92 Å². The van der Waals surface area contributed by atoms with Crippen molar-refractivity contribution in [2.24, 2.45) is 5.92 Å². The molecular weight excluding hydrogens is 180 g/mol. The van der Waals surface area contributed by atoms with E-state index in [1.54, 1.807) is 0 Å². The first kappa shape index (κ1) is 12.0. The first-order valence-electron chi connectivity index (χ1n) is 5.89. The van der Waals surface area contributed by atoms with Crippen molar-refractivity contribution in [3.05, 3.63) is 41.5 Å². The summed E-state index contributed by atoms with van der Waals surface area (Å²) in [6, 6.07) is 10.8. The normalized spacial score (nSPS) is 12.9. The van der Waals surface area contributed by atoms with Crippen molar-refractivity contribution in [1.29, 1.82) is 0 Å². The van der Waals surface area contributed by atoms with E-state index >= 15 is 0 Å². The average molecular weight is 202 g/mol. The third-order valence-electron chi connectivity index (χ3n) is 2.78. The molecule has 1 rings (SSSR count). The van der Waals surface area contributed by atoms with Gasteiger partial charge in [-0.15, -0.1) is 0 Å². The van der Waals surface area contributed by atoms with Crippen LogP contribution in [0.3, 0.4) is 0 Å². The number of rotatable bonds is 4. The van der Waals surface area contributed by atoms with Crippen LogP contribution in [0.5, 0.6) is 0 Å². The van der Waals surface area contributed by atoms with Gasteiger partial charge in [0.25, 0.3) is 0 Å². The largest absolute Gasteiger partial charge is 0.0698 e. The number of hydrogen-bond donors (Lipinski definition) is 0. The Morgan fingerprint density at radius 2 is 1.73 bits per heavy atom. The lowest BCUT2D eigenvalue weighted by Crippen LogP contribution is -1.94. The van der Waals surface area contributed by atoms with E-state index < -0.39 is 0 Å². The molecule has 15 heavy (non-hydrogen) atoms. The van der Waals surface area contributed by atoms with Crippen LogP contribution in [0.1, 0.15) is 46.1 Å². The maximum Gasteiger partial charge on any atom is -0.0225 e. The molecule has 0 spiro atoms. The molecule has 0 N–H and O–H groups in total. The second-order valence-electron chi connectivity index (χ2n) is 4.58. The summed E-state index contributed by atoms with van der Waals surface area (Å²) >= 11 is 0. The van der Waals surface area contributed by atoms with Crippen LogP contribution in [-0.2, 0) is 0 Å². The summed E-state index contributed by atoms with van der Waals surface area (Å²) in [5.41, 5.74) is 4.45. The maximum atomic E-state index is 2.28. The minimum atomic E-state index is 0.724. The number of allylic oxidation sites excluding steroid dienone is 2. The van der Waals surface area contributed by atoms with E-state index in [2.05, 4.69) is 58.0 Å². The Hall–Kier alpha value is -1.04. The summed E-state index contributed by atoms with van der Waals surface area (Å²) in [7, 11) is 0. The van der Waals surface area contributed by atoms with Crippen LogP contribution in [0.15, 0.2) is 35.9 Å². The van der Waals surface area contributed by atoms with E-state index in [4.69, 9.17) is 0 Å². The highest BCUT2D eigenvalue weighted by Crippen LogP contribution is 2.27. The Bertz CT molecular complexity index is 317. The molecule has 0 atom stereocenters. The lowest BCUT2D eigenvalue weighted by atomic mass is 9.92. The fourth-order valence-electron chi connectivity index (χ4n) is 1.80. The minimum Gasteiger partial charge on any atom is -0.0698 e. The Morgan fingerprint density at radius 1 is 1.13 bits per heavy atom. The quantitative estimate of drug-likeness (QED) is 0.650. The number of benzene rings is 1. The second-order valence-corrected chi connectivity index (χ2v) is 4.58. The van der Waals surface area contributed by atoms with Gasteiger partial charge in [-0.2, -0.15) is 0 Å². The Morgan fingerprint density at radius 3 is 2.20 bits per heavy atom. The van der Waals surface area contributed by atoms with Gasteiger partial charge in [-0.05, 0) is 36.8 Å². The van der Waals surface area contributed by atoms with Crippen molar-refractivity contribution >= 4 is 5.57 Å². The molecule has 0 aromatic heterocycles. The minimum absolute atomic E-state index is 0.724. The van der Waals surface area contributed by atoms with Gasteiger partial charge in [0.2, 0.25) is 0 Å². The van der Waals surface area contributed by atoms with E-state index in [0.29, 0.717) is 0 Å². The summed E-state index contributed by atoms with van der Waals surface area (Å²) in [4.78, 5) is 0. The molecule has 0 aliphatic heterocycles. The highest BCUT2D eigenvalue weighted by atomic mass is 14.1. The molecule has 0 saturated heterocycles. The average Bonchev–Trinajstić information content (AvgIpc) is 2.26. The van der Waals surface area contributed by atoms with E-state index in [9.17, 15) is 0 Å². The predicted molar refractivity (Wildman–Crippen MR) is 68.8 cm³/mol. The van der Waals surface area contributed by atoms with Crippen LogP contribution in [0.25, 0.3) is 5.57 Å². The molecule has 0 aliphatic rings. The molecule has 0 fully saturated rings. The van der Waals surface area contributed by atoms with Gasteiger partial charge in [-0.25, -0.2) is 0 Å². The molecule has 0 bridgehead atoms. The molecule has 0 heteroatoms. The summed E-state index contributed by atoms with van der Waals surface area (Å²) in [5, 5.41) is 0. The van der Waals surface area contributed by atoms with Gasteiger partial charge in [0.1, 0.15) is 0 Å². The maximum absolute atomic E-state index is 2.28. The van der Waals surface area contributed by atoms with Gasteiger partial charge in [-0.1, -0.05) is 56.7 Å². The lowest BCUT2D eigenvalue weighted by Gasteiger charge is -2.14. The zero-order valence-corrected chi connectivity index (χ0v) is 10.4. The smallest absolute Gasteiger partial charge is 0.0225 e. The van der Waals surface area contributed by atoms with Gasteiger partial charge in [0.05, 0.1) is 0 Å². The predicted octanol–water partition coefficient (Wildman–Crippen LogP) is 4.92. The Balaban J connectivity index is 3.02. The fourth-order valence-corrected chi connectivity index (χ4v) is 1.80. The van der Waals surface area contributed by atoms with Gasteiger partial charge in [0.15, 0.2) is 0 Å². The Kier molecular flexibility index (Phi) is 4.61.